The molecular weight excluding hydrogens is 320 g/mol. The van der Waals surface area contributed by atoms with Crippen molar-refractivity contribution < 1.29 is 4.79 Å². The van der Waals surface area contributed by atoms with E-state index in [-0.39, 0.29) is 5.91 Å². The first-order chi connectivity index (χ1) is 11.7. The molecule has 1 amide bonds. The predicted octanol–water partition coefficient (Wildman–Crippen LogP) is 4.64. The van der Waals surface area contributed by atoms with Gasteiger partial charge in [-0.2, -0.15) is 0 Å². The lowest BCUT2D eigenvalue weighted by Crippen LogP contribution is -2.27. The fourth-order valence-electron chi connectivity index (χ4n) is 3.28. The van der Waals surface area contributed by atoms with Crippen LogP contribution in [0.5, 0.6) is 0 Å². The van der Waals surface area contributed by atoms with Gasteiger partial charge in [0.1, 0.15) is 0 Å². The molecule has 24 heavy (non-hydrogen) atoms. The molecule has 1 aliphatic carbocycles. The zero-order valence-corrected chi connectivity index (χ0v) is 14.6. The second kappa shape index (κ2) is 8.29. The molecule has 0 radical (unpaired) electrons. The highest BCUT2D eigenvalue weighted by molar-refractivity contribution is 6.30. The van der Waals surface area contributed by atoms with Gasteiger partial charge in [-0.25, -0.2) is 0 Å². The number of aromatic nitrogens is 1. The second-order valence-electron chi connectivity index (χ2n) is 6.51. The molecule has 1 aromatic heterocycles. The number of hydrogen-bond donors (Lipinski definition) is 1. The Bertz CT molecular complexity index is 661. The third-order valence-corrected chi connectivity index (χ3v) is 4.95. The molecule has 1 aliphatic rings. The van der Waals surface area contributed by atoms with E-state index >= 15 is 0 Å². The molecular formula is C20H23ClN2O. The first-order valence-electron chi connectivity index (χ1n) is 8.68. The number of carbonyl (C=O) groups excluding carboxylic acids is 1. The molecule has 0 spiro atoms. The zero-order valence-electron chi connectivity index (χ0n) is 13.8. The minimum Gasteiger partial charge on any atom is -0.356 e. The van der Waals surface area contributed by atoms with Gasteiger partial charge in [-0.05, 0) is 36.1 Å². The van der Waals surface area contributed by atoms with Gasteiger partial charge in [-0.1, -0.05) is 55.5 Å². The van der Waals surface area contributed by atoms with Crippen molar-refractivity contribution in [2.24, 2.45) is 5.92 Å². The molecule has 3 rings (SSSR count). The van der Waals surface area contributed by atoms with Crippen LogP contribution in [0.25, 0.3) is 11.1 Å². The van der Waals surface area contributed by atoms with E-state index in [0.717, 1.165) is 40.7 Å². The first-order valence-corrected chi connectivity index (χ1v) is 9.06. The summed E-state index contributed by atoms with van der Waals surface area (Å²) in [4.78, 5) is 16.4. The van der Waals surface area contributed by atoms with Crippen LogP contribution in [0.1, 0.15) is 37.8 Å². The van der Waals surface area contributed by atoms with Crippen LogP contribution in [-0.2, 0) is 11.2 Å². The maximum Gasteiger partial charge on any atom is 0.226 e. The topological polar surface area (TPSA) is 42.0 Å². The molecule has 1 fully saturated rings. The standard InChI is InChI=1S/C20H23ClN2O/c21-18-8-5-16(6-9-18)17-7-10-19(23-14-17)13-20(24)22-12-11-15-3-1-2-4-15/h5-10,14-15H,1-4,11-13H2,(H,22,24). The molecule has 2 aromatic rings. The minimum atomic E-state index is 0.0553. The van der Waals surface area contributed by atoms with Crippen molar-refractivity contribution in [3.8, 4) is 11.1 Å². The number of nitrogens with one attached hydrogen (secondary N) is 1. The minimum absolute atomic E-state index is 0.0553. The van der Waals surface area contributed by atoms with E-state index in [9.17, 15) is 4.79 Å². The molecule has 0 aliphatic heterocycles. The summed E-state index contributed by atoms with van der Waals surface area (Å²) in [6.45, 7) is 0.784. The summed E-state index contributed by atoms with van der Waals surface area (Å²) in [6.07, 6.45) is 8.60. The third-order valence-electron chi connectivity index (χ3n) is 4.69. The summed E-state index contributed by atoms with van der Waals surface area (Å²) in [5.41, 5.74) is 2.89. The molecule has 126 valence electrons. The van der Waals surface area contributed by atoms with Crippen LogP contribution in [-0.4, -0.2) is 17.4 Å². The van der Waals surface area contributed by atoms with E-state index in [1.165, 1.54) is 25.7 Å². The second-order valence-corrected chi connectivity index (χ2v) is 6.95. The van der Waals surface area contributed by atoms with Gasteiger partial charge in [0.2, 0.25) is 5.91 Å². The number of halogens is 1. The maximum absolute atomic E-state index is 12.0. The van der Waals surface area contributed by atoms with Crippen molar-refractivity contribution in [2.75, 3.05) is 6.54 Å². The molecule has 4 heteroatoms. The molecule has 3 nitrogen and oxygen atoms in total. The van der Waals surface area contributed by atoms with Gasteiger partial charge in [-0.15, -0.1) is 0 Å². The van der Waals surface area contributed by atoms with E-state index < -0.39 is 0 Å². The van der Waals surface area contributed by atoms with Gasteiger partial charge in [0, 0.05) is 29.0 Å². The first kappa shape index (κ1) is 17.0. The number of benzene rings is 1. The van der Waals surface area contributed by atoms with Crippen LogP contribution in [0, 0.1) is 5.92 Å². The number of hydrogen-bond acceptors (Lipinski definition) is 2. The average molecular weight is 343 g/mol. The SMILES string of the molecule is O=C(Cc1ccc(-c2ccc(Cl)cc2)cn1)NCCC1CCCC1. The number of pyridine rings is 1. The van der Waals surface area contributed by atoms with Gasteiger partial charge in [0.15, 0.2) is 0 Å². The van der Waals surface area contributed by atoms with Crippen LogP contribution >= 0.6 is 11.6 Å². The largest absolute Gasteiger partial charge is 0.356 e. The van der Waals surface area contributed by atoms with Gasteiger partial charge in [0.25, 0.3) is 0 Å². The van der Waals surface area contributed by atoms with Crippen LogP contribution in [0.2, 0.25) is 5.02 Å². The van der Waals surface area contributed by atoms with Crippen molar-refractivity contribution in [3.63, 3.8) is 0 Å². The van der Waals surface area contributed by atoms with Gasteiger partial charge in [0.05, 0.1) is 6.42 Å². The summed E-state index contributed by atoms with van der Waals surface area (Å²) in [5.74, 6) is 0.863. The number of rotatable bonds is 6. The van der Waals surface area contributed by atoms with E-state index in [4.69, 9.17) is 11.6 Å². The van der Waals surface area contributed by atoms with Crippen molar-refractivity contribution in [3.05, 3.63) is 53.3 Å². The molecule has 1 saturated carbocycles. The lowest BCUT2D eigenvalue weighted by molar-refractivity contribution is -0.120. The third kappa shape index (κ3) is 4.81. The molecule has 0 saturated heterocycles. The maximum atomic E-state index is 12.0. The van der Waals surface area contributed by atoms with Crippen molar-refractivity contribution in [1.29, 1.82) is 0 Å². The Morgan fingerprint density at radius 3 is 2.46 bits per heavy atom. The Kier molecular flexibility index (Phi) is 5.86. The highest BCUT2D eigenvalue weighted by atomic mass is 35.5. The highest BCUT2D eigenvalue weighted by Crippen LogP contribution is 2.26. The van der Waals surface area contributed by atoms with Crippen LogP contribution in [0.4, 0.5) is 0 Å². The Morgan fingerprint density at radius 1 is 1.08 bits per heavy atom. The van der Waals surface area contributed by atoms with Gasteiger partial charge >= 0.3 is 0 Å². The van der Waals surface area contributed by atoms with Crippen molar-refractivity contribution in [2.45, 2.75) is 38.5 Å². The normalized spacial score (nSPS) is 14.7. The highest BCUT2D eigenvalue weighted by Gasteiger charge is 2.14. The molecule has 0 atom stereocenters. The van der Waals surface area contributed by atoms with Crippen molar-refractivity contribution in [1.82, 2.24) is 10.3 Å². The smallest absolute Gasteiger partial charge is 0.226 e. The molecule has 1 N–H and O–H groups in total. The Labute approximate surface area is 148 Å². The summed E-state index contributed by atoms with van der Waals surface area (Å²) < 4.78 is 0. The number of nitrogens with zero attached hydrogens (tertiary/aromatic N) is 1. The van der Waals surface area contributed by atoms with Crippen LogP contribution < -0.4 is 5.32 Å². The summed E-state index contributed by atoms with van der Waals surface area (Å²) >= 11 is 5.90. The fraction of sp³-hybridized carbons (Fsp3) is 0.400. The van der Waals surface area contributed by atoms with E-state index in [2.05, 4.69) is 10.3 Å². The Hall–Kier alpha value is -1.87. The quantitative estimate of drug-likeness (QED) is 0.830. The Morgan fingerprint density at radius 2 is 1.79 bits per heavy atom. The molecule has 0 unspecified atom stereocenters. The van der Waals surface area contributed by atoms with Crippen LogP contribution in [0.15, 0.2) is 42.6 Å². The monoisotopic (exact) mass is 342 g/mol. The number of carbonyl (C=O) groups is 1. The van der Waals surface area contributed by atoms with E-state index in [1.807, 2.05) is 42.6 Å². The average Bonchev–Trinajstić information content (AvgIpc) is 3.10. The summed E-state index contributed by atoms with van der Waals surface area (Å²) in [7, 11) is 0. The predicted molar refractivity (Wildman–Crippen MR) is 98.0 cm³/mol. The zero-order chi connectivity index (χ0) is 16.8. The van der Waals surface area contributed by atoms with E-state index in [0.29, 0.717) is 6.42 Å². The van der Waals surface area contributed by atoms with Crippen LogP contribution in [0.3, 0.4) is 0 Å². The molecule has 0 bridgehead atoms. The van der Waals surface area contributed by atoms with Gasteiger partial charge < -0.3 is 5.32 Å². The van der Waals surface area contributed by atoms with Crippen molar-refractivity contribution >= 4 is 17.5 Å². The summed E-state index contributed by atoms with van der Waals surface area (Å²) in [6, 6.07) is 11.6. The molecule has 1 heterocycles. The molecule has 1 aromatic carbocycles. The van der Waals surface area contributed by atoms with E-state index in [1.54, 1.807) is 0 Å². The fourth-order valence-corrected chi connectivity index (χ4v) is 3.41. The lowest BCUT2D eigenvalue weighted by atomic mass is 10.0. The Balaban J connectivity index is 1.48. The lowest BCUT2D eigenvalue weighted by Gasteiger charge is -2.10. The summed E-state index contributed by atoms with van der Waals surface area (Å²) in [5, 5.41) is 3.74. The number of amides is 1. The van der Waals surface area contributed by atoms with Gasteiger partial charge in [-0.3, -0.25) is 9.78 Å².